The second-order valence-corrected chi connectivity index (χ2v) is 7.10. The lowest BCUT2D eigenvalue weighted by molar-refractivity contribution is 1.06. The molecular weight excluding hydrogens is 368 g/mol. The van der Waals surface area contributed by atoms with E-state index in [0.29, 0.717) is 10.7 Å². The van der Waals surface area contributed by atoms with Gasteiger partial charge in [0.25, 0.3) is 0 Å². The first kappa shape index (κ1) is 16.9. The number of para-hydroxylation sites is 2. The van der Waals surface area contributed by atoms with Crippen molar-refractivity contribution in [3.63, 3.8) is 0 Å². The lowest BCUT2D eigenvalue weighted by Gasteiger charge is -2.10. The number of halogens is 1. The van der Waals surface area contributed by atoms with Gasteiger partial charge in [0.2, 0.25) is 0 Å². The fourth-order valence-electron chi connectivity index (χ4n) is 3.44. The zero-order valence-corrected chi connectivity index (χ0v) is 16.1. The summed E-state index contributed by atoms with van der Waals surface area (Å²) in [6.45, 7) is 2.15. The summed E-state index contributed by atoms with van der Waals surface area (Å²) in [7, 11) is 0. The molecule has 5 heteroatoms. The van der Waals surface area contributed by atoms with E-state index in [2.05, 4.69) is 35.8 Å². The van der Waals surface area contributed by atoms with Gasteiger partial charge in [0.1, 0.15) is 5.82 Å². The summed E-state index contributed by atoms with van der Waals surface area (Å²) in [6, 6.07) is 24.0. The number of imidazole rings is 1. The zero-order chi connectivity index (χ0) is 19.1. The van der Waals surface area contributed by atoms with Crippen LogP contribution >= 0.6 is 11.6 Å². The third-order valence-electron chi connectivity index (χ3n) is 4.83. The molecule has 0 radical (unpaired) electrons. The topological polar surface area (TPSA) is 43.6 Å². The van der Waals surface area contributed by atoms with Gasteiger partial charge in [-0.15, -0.1) is 0 Å². The van der Waals surface area contributed by atoms with Crippen LogP contribution in [0.2, 0.25) is 5.02 Å². The molecule has 0 saturated carbocycles. The number of aromatic nitrogens is 4. The van der Waals surface area contributed by atoms with Crippen LogP contribution in [-0.4, -0.2) is 19.5 Å². The molecule has 0 spiro atoms. The lowest BCUT2D eigenvalue weighted by atomic mass is 10.1. The van der Waals surface area contributed by atoms with Gasteiger partial charge in [0, 0.05) is 16.3 Å². The molecule has 0 aliphatic carbocycles. The molecule has 0 N–H and O–H groups in total. The third-order valence-corrected chi connectivity index (χ3v) is 5.06. The number of benzene rings is 3. The second kappa shape index (κ2) is 6.73. The molecule has 3 aromatic carbocycles. The van der Waals surface area contributed by atoms with Gasteiger partial charge >= 0.3 is 0 Å². The van der Waals surface area contributed by atoms with Gasteiger partial charge in [0.05, 0.1) is 11.0 Å². The van der Waals surface area contributed by atoms with Crippen molar-refractivity contribution in [2.75, 3.05) is 0 Å². The van der Waals surface area contributed by atoms with Crippen molar-refractivity contribution in [1.29, 1.82) is 0 Å². The molecule has 2 heterocycles. The molecular formula is C23H17ClN4. The van der Waals surface area contributed by atoms with Crippen LogP contribution in [-0.2, 0) is 6.42 Å². The van der Waals surface area contributed by atoms with E-state index >= 15 is 0 Å². The minimum Gasteiger partial charge on any atom is -0.275 e. The van der Waals surface area contributed by atoms with E-state index in [1.807, 2.05) is 48.5 Å². The number of hydrogen-bond acceptors (Lipinski definition) is 3. The lowest BCUT2D eigenvalue weighted by Crippen LogP contribution is -2.00. The fourth-order valence-corrected chi connectivity index (χ4v) is 3.63. The van der Waals surface area contributed by atoms with E-state index in [0.717, 1.165) is 40.2 Å². The van der Waals surface area contributed by atoms with Crippen LogP contribution in [0.25, 0.3) is 39.4 Å². The third kappa shape index (κ3) is 2.83. The van der Waals surface area contributed by atoms with Crippen LogP contribution < -0.4 is 0 Å². The summed E-state index contributed by atoms with van der Waals surface area (Å²) in [5.41, 5.74) is 6.24. The Balaban J connectivity index is 1.88. The predicted octanol–water partition coefficient (Wildman–Crippen LogP) is 5.85. The molecule has 0 saturated heterocycles. The Morgan fingerprint density at radius 2 is 1.61 bits per heavy atom. The largest absolute Gasteiger partial charge is 0.275 e. The van der Waals surface area contributed by atoms with E-state index < -0.39 is 0 Å². The monoisotopic (exact) mass is 384 g/mol. The number of nitrogens with zero attached hydrogens (tertiary/aromatic N) is 4. The van der Waals surface area contributed by atoms with Crippen molar-refractivity contribution < 1.29 is 0 Å². The SMILES string of the molecule is CCc1cccc(-n2c(-c3cccc(Cl)c3)nc3nc4ccccc4nc32)c1. The highest BCUT2D eigenvalue weighted by Crippen LogP contribution is 2.30. The smallest absolute Gasteiger partial charge is 0.199 e. The van der Waals surface area contributed by atoms with Gasteiger partial charge in [-0.05, 0) is 48.4 Å². The summed E-state index contributed by atoms with van der Waals surface area (Å²) in [4.78, 5) is 14.5. The summed E-state index contributed by atoms with van der Waals surface area (Å²) < 4.78 is 2.07. The van der Waals surface area contributed by atoms with Crippen LogP contribution in [0.1, 0.15) is 12.5 Å². The van der Waals surface area contributed by atoms with Crippen molar-refractivity contribution in [3.8, 4) is 17.1 Å². The van der Waals surface area contributed by atoms with Crippen molar-refractivity contribution in [3.05, 3.63) is 83.4 Å². The first-order valence-electron chi connectivity index (χ1n) is 9.23. The Bertz CT molecular complexity index is 1320. The molecule has 28 heavy (non-hydrogen) atoms. The van der Waals surface area contributed by atoms with Gasteiger partial charge in [-0.1, -0.05) is 54.9 Å². The van der Waals surface area contributed by atoms with Crippen LogP contribution in [0, 0.1) is 0 Å². The quantitative estimate of drug-likeness (QED) is 0.391. The molecule has 5 rings (SSSR count). The van der Waals surface area contributed by atoms with Gasteiger partial charge in [0.15, 0.2) is 11.3 Å². The Morgan fingerprint density at radius 1 is 0.821 bits per heavy atom. The molecule has 0 atom stereocenters. The van der Waals surface area contributed by atoms with Crippen molar-refractivity contribution >= 4 is 33.9 Å². The average molecular weight is 385 g/mol. The Labute approximate surface area is 167 Å². The maximum atomic E-state index is 6.26. The molecule has 0 aliphatic rings. The van der Waals surface area contributed by atoms with Crippen molar-refractivity contribution in [2.24, 2.45) is 0 Å². The maximum absolute atomic E-state index is 6.26. The van der Waals surface area contributed by atoms with E-state index in [-0.39, 0.29) is 0 Å². The molecule has 0 unspecified atom stereocenters. The Morgan fingerprint density at radius 3 is 2.39 bits per heavy atom. The first-order valence-corrected chi connectivity index (χ1v) is 9.61. The van der Waals surface area contributed by atoms with Gasteiger partial charge in [-0.25, -0.2) is 15.0 Å². The molecule has 2 aromatic heterocycles. The van der Waals surface area contributed by atoms with E-state index in [4.69, 9.17) is 26.6 Å². The summed E-state index contributed by atoms with van der Waals surface area (Å²) in [5, 5.41) is 0.671. The molecule has 0 bridgehead atoms. The minimum atomic E-state index is 0.621. The highest BCUT2D eigenvalue weighted by atomic mass is 35.5. The van der Waals surface area contributed by atoms with Gasteiger partial charge in [-0.3, -0.25) is 4.57 Å². The predicted molar refractivity (Wildman–Crippen MR) is 114 cm³/mol. The fraction of sp³-hybridized carbons (Fsp3) is 0.0870. The highest BCUT2D eigenvalue weighted by Gasteiger charge is 2.18. The van der Waals surface area contributed by atoms with E-state index in [9.17, 15) is 0 Å². The average Bonchev–Trinajstić information content (AvgIpc) is 3.10. The van der Waals surface area contributed by atoms with Crippen LogP contribution in [0.5, 0.6) is 0 Å². The highest BCUT2D eigenvalue weighted by molar-refractivity contribution is 6.30. The number of fused-ring (bicyclic) bond motifs is 2. The molecule has 136 valence electrons. The molecule has 4 nitrogen and oxygen atoms in total. The standard InChI is InChI=1S/C23H17ClN4/c1-2-15-7-5-10-18(13-15)28-22(16-8-6-9-17(24)14-16)27-21-23(28)26-20-12-4-3-11-19(20)25-21/h3-14H,2H2,1H3. The molecule has 0 aliphatic heterocycles. The van der Waals surface area contributed by atoms with Crippen molar-refractivity contribution in [1.82, 2.24) is 19.5 Å². The van der Waals surface area contributed by atoms with Gasteiger partial charge in [-0.2, -0.15) is 0 Å². The Hall–Kier alpha value is -3.24. The van der Waals surface area contributed by atoms with Gasteiger partial charge < -0.3 is 0 Å². The Kier molecular flexibility index (Phi) is 4.06. The molecule has 5 aromatic rings. The number of hydrogen-bond donors (Lipinski definition) is 0. The summed E-state index contributed by atoms with van der Waals surface area (Å²) in [6.07, 6.45) is 0.960. The van der Waals surface area contributed by atoms with Crippen LogP contribution in [0.15, 0.2) is 72.8 Å². The van der Waals surface area contributed by atoms with E-state index in [1.165, 1.54) is 5.56 Å². The van der Waals surface area contributed by atoms with Crippen molar-refractivity contribution in [2.45, 2.75) is 13.3 Å². The van der Waals surface area contributed by atoms with E-state index in [1.54, 1.807) is 0 Å². The second-order valence-electron chi connectivity index (χ2n) is 6.66. The minimum absolute atomic E-state index is 0.621. The molecule has 0 fully saturated rings. The summed E-state index contributed by atoms with van der Waals surface area (Å²) >= 11 is 6.26. The summed E-state index contributed by atoms with van der Waals surface area (Å²) in [5.74, 6) is 0.779. The first-order chi connectivity index (χ1) is 13.7. The maximum Gasteiger partial charge on any atom is 0.199 e. The van der Waals surface area contributed by atoms with Crippen LogP contribution in [0.4, 0.5) is 0 Å². The van der Waals surface area contributed by atoms with Crippen LogP contribution in [0.3, 0.4) is 0 Å². The number of rotatable bonds is 3. The number of aryl methyl sites for hydroxylation is 1. The molecule has 0 amide bonds. The normalized spacial score (nSPS) is 11.4. The zero-order valence-electron chi connectivity index (χ0n) is 15.3.